The van der Waals surface area contributed by atoms with Gasteiger partial charge in [-0.05, 0) is 56.1 Å². The predicted octanol–water partition coefficient (Wildman–Crippen LogP) is 1.74. The summed E-state index contributed by atoms with van der Waals surface area (Å²) < 4.78 is 39.9. The number of methoxy groups -OCH3 is 1. The highest BCUT2D eigenvalue weighted by molar-refractivity contribution is 6.08. The lowest BCUT2D eigenvalue weighted by atomic mass is 9.97. The molecule has 5 aliphatic rings. The van der Waals surface area contributed by atoms with Crippen LogP contribution in [0.4, 0.5) is 4.79 Å². The summed E-state index contributed by atoms with van der Waals surface area (Å²) in [5.74, 6) is 11.6. The fourth-order valence-corrected chi connectivity index (χ4v) is 6.52. The van der Waals surface area contributed by atoms with Crippen molar-refractivity contribution >= 4 is 22.9 Å². The minimum Gasteiger partial charge on any atom is -0.507 e. The van der Waals surface area contributed by atoms with Crippen LogP contribution in [0, 0.1) is 30.6 Å². The number of benzene rings is 2. The number of ether oxygens (including phenoxy) is 7. The van der Waals surface area contributed by atoms with Crippen LogP contribution in [0.2, 0.25) is 0 Å². The van der Waals surface area contributed by atoms with E-state index in [1.165, 1.54) is 13.2 Å². The first-order valence-electron chi connectivity index (χ1n) is 15.4. The van der Waals surface area contributed by atoms with E-state index in [2.05, 4.69) is 29.0 Å². The van der Waals surface area contributed by atoms with Gasteiger partial charge in [-0.15, -0.1) is 0 Å². The molecule has 13 heteroatoms. The zero-order valence-electron chi connectivity index (χ0n) is 26.4. The van der Waals surface area contributed by atoms with Crippen LogP contribution in [0.25, 0.3) is 10.8 Å². The summed E-state index contributed by atoms with van der Waals surface area (Å²) in [7, 11) is 3.12. The fraction of sp³-hybridized carbons (Fsp3) is 0.429. The van der Waals surface area contributed by atoms with Crippen molar-refractivity contribution in [2.75, 3.05) is 20.8 Å². The largest absolute Gasteiger partial charge is 0.508 e. The van der Waals surface area contributed by atoms with Gasteiger partial charge in [-0.2, -0.15) is 0 Å². The lowest BCUT2D eigenvalue weighted by Gasteiger charge is -2.42. The summed E-state index contributed by atoms with van der Waals surface area (Å²) in [6.07, 6.45) is -5.68. The lowest BCUT2D eigenvalue weighted by Crippen LogP contribution is -2.62. The number of hydrogen-bond acceptors (Lipinski definition) is 13. The SMILES string of the molecule is CN[C@H]1C(O)[C@@H](O)C(C)O[C@H]1O[C@H]1CC(OC(=O)c2c(O)ccc3c(C)cc(OC)cc23)=C2C#C[C@]3([C@H]4COC(=O)O4)O[C@@H]3C#C/C=C\21. The van der Waals surface area contributed by atoms with Gasteiger partial charge in [0.1, 0.15) is 41.6 Å². The highest BCUT2D eigenvalue weighted by Gasteiger charge is 2.65. The maximum Gasteiger partial charge on any atom is 0.508 e. The zero-order chi connectivity index (χ0) is 33.9. The van der Waals surface area contributed by atoms with Crippen LogP contribution in [0.1, 0.15) is 29.3 Å². The third-order valence-electron chi connectivity index (χ3n) is 9.25. The van der Waals surface area contributed by atoms with E-state index >= 15 is 0 Å². The number of allylic oxidation sites excluding steroid dienone is 1. The van der Waals surface area contributed by atoms with Crippen molar-refractivity contribution in [2.45, 2.75) is 74.8 Å². The Balaban J connectivity index is 1.28. The number of likely N-dealkylation sites (N-methyl/N-ethyl adjacent to an activating group) is 1. The summed E-state index contributed by atoms with van der Waals surface area (Å²) in [5, 5.41) is 36.1. The van der Waals surface area contributed by atoms with Crippen molar-refractivity contribution in [3.63, 3.8) is 0 Å². The van der Waals surface area contributed by atoms with Crippen LogP contribution in [-0.4, -0.2) is 103 Å². The monoisotopic (exact) mass is 659 g/mol. The number of cyclic esters (lactones) is 2. The molecule has 13 nitrogen and oxygen atoms in total. The van der Waals surface area contributed by atoms with Gasteiger partial charge < -0.3 is 53.8 Å². The molecule has 250 valence electrons. The van der Waals surface area contributed by atoms with Crippen molar-refractivity contribution in [3.8, 4) is 35.2 Å². The molecule has 0 amide bonds. The molecular weight excluding hydrogens is 626 g/mol. The molecule has 48 heavy (non-hydrogen) atoms. The molecule has 3 heterocycles. The van der Waals surface area contributed by atoms with Crippen LogP contribution in [0.5, 0.6) is 11.5 Å². The second-order valence-electron chi connectivity index (χ2n) is 12.1. The molecule has 0 bridgehead atoms. The lowest BCUT2D eigenvalue weighted by molar-refractivity contribution is -0.268. The Labute approximate surface area is 275 Å². The number of nitrogens with one attached hydrogen (secondary N) is 1. The van der Waals surface area contributed by atoms with E-state index < -0.39 is 66.7 Å². The number of hydrogen-bond donors (Lipinski definition) is 4. The highest BCUT2D eigenvalue weighted by atomic mass is 16.8. The van der Waals surface area contributed by atoms with Crippen LogP contribution >= 0.6 is 0 Å². The van der Waals surface area contributed by atoms with Crippen LogP contribution in [0.15, 0.2) is 47.2 Å². The van der Waals surface area contributed by atoms with E-state index in [-0.39, 0.29) is 35.7 Å². The average Bonchev–Trinajstić information content (AvgIpc) is 3.38. The maximum atomic E-state index is 14.0. The van der Waals surface area contributed by atoms with Crippen LogP contribution < -0.4 is 10.1 Å². The Morgan fingerprint density at radius 2 is 1.98 bits per heavy atom. The fourth-order valence-electron chi connectivity index (χ4n) is 6.52. The Morgan fingerprint density at radius 1 is 1.17 bits per heavy atom. The first kappa shape index (κ1) is 32.0. The molecule has 4 N–H and O–H groups in total. The van der Waals surface area contributed by atoms with Crippen molar-refractivity contribution < 1.29 is 58.1 Å². The summed E-state index contributed by atoms with van der Waals surface area (Å²) in [5.41, 5.74) is 0.254. The normalized spacial score (nSPS) is 34.4. The van der Waals surface area contributed by atoms with E-state index in [4.69, 9.17) is 33.2 Å². The number of carbonyl (C=O) groups excluding carboxylic acids is 2. The molecule has 2 aliphatic carbocycles. The van der Waals surface area contributed by atoms with E-state index in [0.29, 0.717) is 16.7 Å². The van der Waals surface area contributed by atoms with Crippen LogP contribution in [0.3, 0.4) is 0 Å². The number of aliphatic hydroxyl groups is 2. The summed E-state index contributed by atoms with van der Waals surface area (Å²) >= 11 is 0. The Morgan fingerprint density at radius 3 is 2.71 bits per heavy atom. The average molecular weight is 660 g/mol. The van der Waals surface area contributed by atoms with Gasteiger partial charge in [-0.3, -0.25) is 0 Å². The third-order valence-corrected chi connectivity index (χ3v) is 9.25. The smallest absolute Gasteiger partial charge is 0.507 e. The Hall–Kier alpha value is -4.60. The number of phenolic OH excluding ortho intramolecular Hbond substituents is 1. The summed E-state index contributed by atoms with van der Waals surface area (Å²) in [6.45, 7) is 3.42. The number of fused-ring (bicyclic) bond motifs is 3. The predicted molar refractivity (Wildman–Crippen MR) is 165 cm³/mol. The molecule has 3 aliphatic heterocycles. The molecule has 3 fully saturated rings. The van der Waals surface area contributed by atoms with Gasteiger partial charge >= 0.3 is 12.1 Å². The molecular formula is C35H33NO12. The maximum absolute atomic E-state index is 14.0. The molecule has 0 aromatic heterocycles. The van der Waals surface area contributed by atoms with Gasteiger partial charge in [0, 0.05) is 17.4 Å². The van der Waals surface area contributed by atoms with E-state index in [9.17, 15) is 24.9 Å². The van der Waals surface area contributed by atoms with Crippen molar-refractivity contribution in [1.82, 2.24) is 5.32 Å². The summed E-state index contributed by atoms with van der Waals surface area (Å²) in [4.78, 5) is 25.7. The molecule has 2 aromatic carbocycles. The standard InChI is InChI=1S/C35H33NO12/c1-16-12-18(42-4)13-22-19(16)8-9-23(37)28(22)32(40)45-24-14-25(46-33-29(36-3)31(39)30(38)17(2)44-33)20-6-5-7-26-35(48-26,11-10-21(20)24)27-15-43-34(41)47-27/h6,8-9,12-13,17,25-27,29-31,33,36-39H,14-15H2,1-4H3/b20-6+/t17?,25-,26+,27+,29-,30-,31?,33-,35-/m0/s1. The van der Waals surface area contributed by atoms with Gasteiger partial charge in [0.05, 0.1) is 30.9 Å². The van der Waals surface area contributed by atoms with Crippen LogP contribution in [-0.2, 0) is 28.4 Å². The Kier molecular flexibility index (Phi) is 8.08. The number of epoxide rings is 1. The minimum absolute atomic E-state index is 0.000715. The van der Waals surface area contributed by atoms with Crippen molar-refractivity contribution in [2.24, 2.45) is 0 Å². The first-order chi connectivity index (χ1) is 23.0. The second kappa shape index (κ2) is 12.1. The Bertz CT molecular complexity index is 1900. The number of rotatable bonds is 7. The molecule has 0 spiro atoms. The van der Waals surface area contributed by atoms with Crippen molar-refractivity contribution in [1.29, 1.82) is 0 Å². The number of aryl methyl sites for hydroxylation is 1. The zero-order valence-corrected chi connectivity index (χ0v) is 26.4. The van der Waals surface area contributed by atoms with Crippen molar-refractivity contribution in [3.05, 3.63) is 58.4 Å². The molecule has 3 saturated heterocycles. The quantitative estimate of drug-likeness (QED) is 0.192. The number of aliphatic hydroxyl groups excluding tert-OH is 2. The molecule has 2 unspecified atom stereocenters. The van der Waals surface area contributed by atoms with Gasteiger partial charge in [-0.1, -0.05) is 29.7 Å². The van der Waals surface area contributed by atoms with E-state index in [1.807, 2.05) is 13.0 Å². The molecule has 9 atom stereocenters. The molecule has 0 radical (unpaired) electrons. The molecule has 7 rings (SSSR count). The number of carbonyl (C=O) groups is 2. The van der Waals surface area contributed by atoms with E-state index in [0.717, 1.165) is 10.9 Å². The molecule has 0 saturated carbocycles. The number of aromatic hydroxyl groups is 1. The van der Waals surface area contributed by atoms with Gasteiger partial charge in [0.15, 0.2) is 18.5 Å². The summed E-state index contributed by atoms with van der Waals surface area (Å²) in [6, 6.07) is 5.81. The minimum atomic E-state index is -1.26. The topological polar surface area (TPSA) is 175 Å². The first-order valence-corrected chi connectivity index (χ1v) is 15.4. The number of esters is 1. The van der Waals surface area contributed by atoms with E-state index in [1.54, 1.807) is 32.2 Å². The highest BCUT2D eigenvalue weighted by Crippen LogP contribution is 2.44. The third kappa shape index (κ3) is 5.35. The van der Waals surface area contributed by atoms with Gasteiger partial charge in [0.2, 0.25) is 5.60 Å². The molecule has 2 aromatic rings. The van der Waals surface area contributed by atoms with Gasteiger partial charge in [-0.25, -0.2) is 9.59 Å². The van der Waals surface area contributed by atoms with Gasteiger partial charge in [0.25, 0.3) is 0 Å². The second-order valence-corrected chi connectivity index (χ2v) is 12.1. The number of phenols is 1.